The lowest BCUT2D eigenvalue weighted by atomic mass is 10.1. The Balaban J connectivity index is 2.30. The van der Waals surface area contributed by atoms with Gasteiger partial charge in [-0.3, -0.25) is 14.2 Å². The molecule has 2 aromatic carbocycles. The molecule has 0 aliphatic rings. The number of carbonyl (C=O) groups excluding carboxylic acids is 1. The molecule has 0 N–H and O–H groups in total. The number of para-hydroxylation sites is 1. The van der Waals surface area contributed by atoms with Gasteiger partial charge in [0.1, 0.15) is 17.5 Å². The number of hydrogen-bond acceptors (Lipinski definition) is 4. The number of halogens is 1. The van der Waals surface area contributed by atoms with Gasteiger partial charge in [-0.05, 0) is 42.8 Å². The van der Waals surface area contributed by atoms with Crippen LogP contribution in [0.25, 0.3) is 16.6 Å². The highest BCUT2D eigenvalue weighted by molar-refractivity contribution is 6.27. The van der Waals surface area contributed by atoms with Crippen LogP contribution >= 0.6 is 11.6 Å². The maximum Gasteiger partial charge on any atom is 0.266 e. The van der Waals surface area contributed by atoms with Crippen molar-refractivity contribution in [2.45, 2.75) is 19.4 Å². The van der Waals surface area contributed by atoms with Crippen LogP contribution in [0.3, 0.4) is 0 Å². The van der Waals surface area contributed by atoms with Crippen molar-refractivity contribution in [2.75, 3.05) is 20.0 Å². The molecule has 0 radical (unpaired) electrons. The number of nitrogens with zero attached hydrogens (tertiary/aromatic N) is 3. The molecule has 0 fully saturated rings. The first kappa shape index (κ1) is 19.9. The maximum absolute atomic E-state index is 13.3. The van der Waals surface area contributed by atoms with Gasteiger partial charge in [-0.2, -0.15) is 0 Å². The number of aromatic nitrogens is 2. The maximum atomic E-state index is 13.3. The third-order valence-corrected chi connectivity index (χ3v) is 5.02. The molecule has 6 nitrogen and oxygen atoms in total. The average Bonchev–Trinajstić information content (AvgIpc) is 2.74. The molecule has 0 aliphatic heterocycles. The van der Waals surface area contributed by atoms with E-state index in [0.717, 1.165) is 0 Å². The molecule has 0 unspecified atom stereocenters. The molecule has 0 saturated carbocycles. The first-order valence-electron chi connectivity index (χ1n) is 8.99. The minimum atomic E-state index is -0.398. The number of ether oxygens (including phenoxy) is 1. The summed E-state index contributed by atoms with van der Waals surface area (Å²) in [7, 11) is 3.27. The first-order valence-corrected chi connectivity index (χ1v) is 9.53. The van der Waals surface area contributed by atoms with Crippen molar-refractivity contribution < 1.29 is 9.53 Å². The third-order valence-electron chi connectivity index (χ3n) is 4.79. The number of rotatable bonds is 6. The van der Waals surface area contributed by atoms with Gasteiger partial charge in [0.05, 0.1) is 29.7 Å². The van der Waals surface area contributed by atoms with E-state index in [1.807, 2.05) is 19.1 Å². The minimum Gasteiger partial charge on any atom is -0.497 e. The Morgan fingerprint density at radius 2 is 1.89 bits per heavy atom. The number of benzene rings is 2. The normalized spacial score (nSPS) is 12.0. The van der Waals surface area contributed by atoms with Gasteiger partial charge in [-0.1, -0.05) is 19.1 Å². The molecule has 7 heteroatoms. The molecule has 1 amide bonds. The van der Waals surface area contributed by atoms with E-state index in [1.54, 1.807) is 60.0 Å². The summed E-state index contributed by atoms with van der Waals surface area (Å²) in [5.74, 6) is 0.830. The van der Waals surface area contributed by atoms with Gasteiger partial charge in [-0.15, -0.1) is 11.6 Å². The quantitative estimate of drug-likeness (QED) is 0.595. The van der Waals surface area contributed by atoms with Gasteiger partial charge in [-0.25, -0.2) is 4.98 Å². The van der Waals surface area contributed by atoms with Crippen LogP contribution in [0.15, 0.2) is 53.3 Å². The number of hydrogen-bond donors (Lipinski definition) is 0. The number of alkyl halides is 1. The zero-order valence-electron chi connectivity index (χ0n) is 16.1. The second-order valence-electron chi connectivity index (χ2n) is 6.39. The molecule has 1 aromatic heterocycles. The Kier molecular flexibility index (Phi) is 5.99. The van der Waals surface area contributed by atoms with Gasteiger partial charge in [0, 0.05) is 7.05 Å². The fraction of sp³-hybridized carbons (Fsp3) is 0.286. The van der Waals surface area contributed by atoms with Crippen molar-refractivity contribution in [1.29, 1.82) is 0 Å². The predicted octanol–water partition coefficient (Wildman–Crippen LogP) is 3.54. The second kappa shape index (κ2) is 8.44. The summed E-state index contributed by atoms with van der Waals surface area (Å²) in [4.78, 5) is 31.9. The molecule has 28 heavy (non-hydrogen) atoms. The standard InChI is InChI=1S/C21H22ClN3O3/c1-4-18(24(2)19(26)13-22)20-23-17-8-6-5-7-16(17)21(27)25(20)14-9-11-15(28-3)12-10-14/h5-12,18H,4,13H2,1-3H3/t18-/m1/s1. The Morgan fingerprint density at radius 3 is 2.50 bits per heavy atom. The molecule has 3 rings (SSSR count). The van der Waals surface area contributed by atoms with Crippen LogP contribution in [0.2, 0.25) is 0 Å². The van der Waals surface area contributed by atoms with E-state index in [1.165, 1.54) is 0 Å². The Bertz CT molecular complexity index is 1050. The van der Waals surface area contributed by atoms with E-state index >= 15 is 0 Å². The molecule has 1 heterocycles. The lowest BCUT2D eigenvalue weighted by molar-refractivity contribution is -0.129. The Labute approximate surface area is 168 Å². The largest absolute Gasteiger partial charge is 0.497 e. The molecular weight excluding hydrogens is 378 g/mol. The molecule has 0 saturated heterocycles. The van der Waals surface area contributed by atoms with E-state index in [-0.39, 0.29) is 17.3 Å². The molecule has 3 aromatic rings. The van der Waals surface area contributed by atoms with Gasteiger partial charge >= 0.3 is 0 Å². The summed E-state index contributed by atoms with van der Waals surface area (Å²) in [6, 6.07) is 14.0. The van der Waals surface area contributed by atoms with E-state index < -0.39 is 6.04 Å². The van der Waals surface area contributed by atoms with Crippen molar-refractivity contribution in [3.05, 3.63) is 64.7 Å². The predicted molar refractivity (Wildman–Crippen MR) is 110 cm³/mol. The van der Waals surface area contributed by atoms with E-state index in [4.69, 9.17) is 21.3 Å². The van der Waals surface area contributed by atoms with Crippen LogP contribution in [-0.2, 0) is 4.79 Å². The van der Waals surface area contributed by atoms with Crippen LogP contribution < -0.4 is 10.3 Å². The fourth-order valence-electron chi connectivity index (χ4n) is 3.25. The molecule has 0 bridgehead atoms. The topological polar surface area (TPSA) is 64.4 Å². The minimum absolute atomic E-state index is 0.132. The Hall–Kier alpha value is -2.86. The zero-order valence-corrected chi connectivity index (χ0v) is 16.8. The summed E-state index contributed by atoms with van der Waals surface area (Å²) in [6.07, 6.45) is 0.583. The van der Waals surface area contributed by atoms with Gasteiger partial charge < -0.3 is 9.64 Å². The lowest BCUT2D eigenvalue weighted by Crippen LogP contribution is -2.36. The highest BCUT2D eigenvalue weighted by Gasteiger charge is 2.26. The molecule has 146 valence electrons. The number of carbonyl (C=O) groups is 1. The van der Waals surface area contributed by atoms with Crippen molar-refractivity contribution in [3.63, 3.8) is 0 Å². The summed E-state index contributed by atoms with van der Waals surface area (Å²) in [6.45, 7) is 1.95. The van der Waals surface area contributed by atoms with Crippen LogP contribution in [-0.4, -0.2) is 40.4 Å². The number of fused-ring (bicyclic) bond motifs is 1. The van der Waals surface area contributed by atoms with E-state index in [2.05, 4.69) is 0 Å². The summed E-state index contributed by atoms with van der Waals surface area (Å²) in [5, 5.41) is 0.517. The highest BCUT2D eigenvalue weighted by Crippen LogP contribution is 2.25. The zero-order chi connectivity index (χ0) is 20.3. The van der Waals surface area contributed by atoms with Crippen LogP contribution in [0.5, 0.6) is 5.75 Å². The van der Waals surface area contributed by atoms with Crippen LogP contribution in [0.4, 0.5) is 0 Å². The molecule has 1 atom stereocenters. The number of methoxy groups -OCH3 is 1. The smallest absolute Gasteiger partial charge is 0.266 e. The van der Waals surface area contributed by atoms with Gasteiger partial charge in [0.25, 0.3) is 5.56 Å². The SMILES string of the molecule is CC[C@H](c1nc2ccccc2c(=O)n1-c1ccc(OC)cc1)N(C)C(=O)CCl. The summed E-state index contributed by atoms with van der Waals surface area (Å²) in [5.41, 5.74) is 1.07. The summed E-state index contributed by atoms with van der Waals surface area (Å²) >= 11 is 5.76. The van der Waals surface area contributed by atoms with Gasteiger partial charge in [0.15, 0.2) is 0 Å². The monoisotopic (exact) mass is 399 g/mol. The van der Waals surface area contributed by atoms with Crippen molar-refractivity contribution >= 4 is 28.4 Å². The molecule has 0 aliphatic carbocycles. The van der Waals surface area contributed by atoms with Crippen molar-refractivity contribution in [3.8, 4) is 11.4 Å². The third kappa shape index (κ3) is 3.60. The first-order chi connectivity index (χ1) is 13.5. The van der Waals surface area contributed by atoms with Crippen LogP contribution in [0.1, 0.15) is 25.2 Å². The molecular formula is C21H22ClN3O3. The Morgan fingerprint density at radius 1 is 1.21 bits per heavy atom. The van der Waals surface area contributed by atoms with Gasteiger partial charge in [0.2, 0.25) is 5.91 Å². The van der Waals surface area contributed by atoms with Crippen LogP contribution in [0, 0.1) is 0 Å². The number of amides is 1. The lowest BCUT2D eigenvalue weighted by Gasteiger charge is -2.28. The summed E-state index contributed by atoms with van der Waals surface area (Å²) < 4.78 is 6.78. The molecule has 0 spiro atoms. The second-order valence-corrected chi connectivity index (χ2v) is 6.66. The highest BCUT2D eigenvalue weighted by atomic mass is 35.5. The fourth-order valence-corrected chi connectivity index (χ4v) is 3.44. The van der Waals surface area contributed by atoms with E-state index in [9.17, 15) is 9.59 Å². The van der Waals surface area contributed by atoms with Crippen molar-refractivity contribution in [2.24, 2.45) is 0 Å². The average molecular weight is 400 g/mol. The van der Waals surface area contributed by atoms with E-state index in [0.29, 0.717) is 34.6 Å². The van der Waals surface area contributed by atoms with Crippen molar-refractivity contribution in [1.82, 2.24) is 14.5 Å².